The number of carbonyl (C=O) groups excluding carboxylic acids is 1. The number of aliphatic hydroxyl groups is 7. The first kappa shape index (κ1) is 64.1. The smallest absolute Gasteiger partial charge is 0.249 e. The summed E-state index contributed by atoms with van der Waals surface area (Å²) in [4.78, 5) is 13.2. The van der Waals surface area contributed by atoms with Crippen LogP contribution in [0.3, 0.4) is 0 Å². The Bertz CT molecular complexity index is 1240. The Morgan fingerprint density at radius 2 is 0.926 bits per heavy atom. The predicted molar refractivity (Wildman–Crippen MR) is 279 cm³/mol. The summed E-state index contributed by atoms with van der Waals surface area (Å²) >= 11 is 0. The molecule has 0 aromatic carbocycles. The minimum atomic E-state index is -1.67. The summed E-state index contributed by atoms with van der Waals surface area (Å²) in [5.74, 6) is -0.715. The summed E-state index contributed by atoms with van der Waals surface area (Å²) in [6.45, 7) is 3.41. The van der Waals surface area contributed by atoms with Gasteiger partial charge in [0.05, 0.1) is 25.4 Å². The van der Waals surface area contributed by atoms with Crippen LogP contribution in [0.5, 0.6) is 0 Å². The lowest BCUT2D eigenvalue weighted by Gasteiger charge is -2.40. The second-order valence-corrected chi connectivity index (χ2v) is 19.7. The van der Waals surface area contributed by atoms with Crippen molar-refractivity contribution in [1.29, 1.82) is 0 Å². The fraction of sp³-hybridized carbons (Fsp3) is 0.842. The lowest BCUT2D eigenvalue weighted by Crippen LogP contribution is -2.60. The number of rotatable bonds is 47. The summed E-state index contributed by atoms with van der Waals surface area (Å²) in [7, 11) is 0. The molecule has 0 saturated carbocycles. The van der Waals surface area contributed by atoms with E-state index in [1.165, 1.54) is 141 Å². The van der Waals surface area contributed by atoms with Gasteiger partial charge in [-0.1, -0.05) is 210 Å². The number of nitrogens with one attached hydrogen (secondary N) is 1. The number of unbranched alkanes of at least 4 members (excludes halogenated alkanes) is 28. The van der Waals surface area contributed by atoms with Gasteiger partial charge >= 0.3 is 0 Å². The van der Waals surface area contributed by atoms with Crippen LogP contribution >= 0.6 is 0 Å². The van der Waals surface area contributed by atoms with E-state index < -0.39 is 74.2 Å². The fourth-order valence-corrected chi connectivity index (χ4v) is 8.74. The van der Waals surface area contributed by atoms with Gasteiger partial charge in [-0.05, 0) is 77.0 Å². The van der Waals surface area contributed by atoms with Gasteiger partial charge in [0.1, 0.15) is 36.6 Å². The van der Waals surface area contributed by atoms with E-state index in [1.54, 1.807) is 0 Å². The molecule has 11 heteroatoms. The van der Waals surface area contributed by atoms with Crippen molar-refractivity contribution in [3.05, 3.63) is 48.6 Å². The molecule has 1 aliphatic rings. The second kappa shape index (κ2) is 46.2. The van der Waals surface area contributed by atoms with Crippen LogP contribution in [0.1, 0.15) is 239 Å². The first-order valence-electron chi connectivity index (χ1n) is 28.1. The Labute approximate surface area is 415 Å². The molecule has 8 N–H and O–H groups in total. The minimum Gasteiger partial charge on any atom is -0.394 e. The highest BCUT2D eigenvalue weighted by atomic mass is 16.7. The average Bonchev–Trinajstić information content (AvgIpc) is 3.34. The Balaban J connectivity index is 2.37. The lowest BCUT2D eigenvalue weighted by atomic mass is 9.98. The van der Waals surface area contributed by atoms with Crippen LogP contribution in [-0.4, -0.2) is 110 Å². The largest absolute Gasteiger partial charge is 0.394 e. The van der Waals surface area contributed by atoms with Crippen LogP contribution in [0.4, 0.5) is 0 Å². The van der Waals surface area contributed by atoms with Crippen LogP contribution in [0.15, 0.2) is 48.6 Å². The predicted octanol–water partition coefficient (Wildman–Crippen LogP) is 11.3. The fourth-order valence-electron chi connectivity index (χ4n) is 8.74. The van der Waals surface area contributed by atoms with Crippen LogP contribution in [-0.2, 0) is 14.3 Å². The molecule has 9 atom stereocenters. The Kier molecular flexibility index (Phi) is 43.5. The van der Waals surface area contributed by atoms with Crippen molar-refractivity contribution in [1.82, 2.24) is 5.32 Å². The third-order valence-corrected chi connectivity index (χ3v) is 13.4. The zero-order valence-electron chi connectivity index (χ0n) is 43.3. The molecule has 1 saturated heterocycles. The van der Waals surface area contributed by atoms with Gasteiger partial charge in [-0.2, -0.15) is 0 Å². The van der Waals surface area contributed by atoms with Gasteiger partial charge in [0, 0.05) is 0 Å². The van der Waals surface area contributed by atoms with Crippen LogP contribution < -0.4 is 5.32 Å². The summed E-state index contributed by atoms with van der Waals surface area (Å²) in [5, 5.41) is 76.0. The average molecular weight is 964 g/mol. The van der Waals surface area contributed by atoms with Crippen LogP contribution in [0, 0.1) is 0 Å². The third kappa shape index (κ3) is 34.4. The minimum absolute atomic E-state index is 0.244. The van der Waals surface area contributed by atoms with Crippen molar-refractivity contribution >= 4 is 5.91 Å². The van der Waals surface area contributed by atoms with E-state index in [4.69, 9.17) is 9.47 Å². The number of allylic oxidation sites excluding steroid dienone is 8. The van der Waals surface area contributed by atoms with Crippen molar-refractivity contribution in [2.45, 2.75) is 294 Å². The van der Waals surface area contributed by atoms with E-state index in [-0.39, 0.29) is 12.8 Å². The van der Waals surface area contributed by atoms with E-state index in [1.807, 2.05) is 0 Å². The van der Waals surface area contributed by atoms with Gasteiger partial charge in [0.2, 0.25) is 5.91 Å². The van der Waals surface area contributed by atoms with Gasteiger partial charge < -0.3 is 50.5 Å². The van der Waals surface area contributed by atoms with Crippen molar-refractivity contribution in [3.63, 3.8) is 0 Å². The molecule has 0 radical (unpaired) electrons. The van der Waals surface area contributed by atoms with E-state index in [0.29, 0.717) is 19.3 Å². The first-order chi connectivity index (χ1) is 33.2. The quantitative estimate of drug-likeness (QED) is 0.0166. The molecule has 1 heterocycles. The number of hydrogen-bond donors (Lipinski definition) is 8. The Morgan fingerprint density at radius 1 is 0.515 bits per heavy atom. The van der Waals surface area contributed by atoms with E-state index in [9.17, 15) is 40.5 Å². The standard InChI is InChI=1S/C57H105NO10/c1-3-5-7-9-11-13-15-17-19-21-23-24-25-26-27-29-30-32-34-36-38-40-42-44-49(60)52(62)48(47-67-57-55(65)54(64)53(63)51(46-59)68-57)58-56(66)50(61)45-43-41-39-37-35-33-31-28-22-20-18-16-14-12-10-8-6-4-2/h12,14,16,18,29-30,36,38,48-55,57,59-65H,3-11,13,15,17,19-28,31-35,37,39-47H2,1-2H3,(H,58,66)/b14-12-,18-16-,30-29+,38-36+. The van der Waals surface area contributed by atoms with E-state index in [0.717, 1.165) is 51.4 Å². The molecule has 0 bridgehead atoms. The van der Waals surface area contributed by atoms with Crippen molar-refractivity contribution < 1.29 is 50.0 Å². The van der Waals surface area contributed by atoms with E-state index in [2.05, 4.69) is 67.8 Å². The number of aliphatic hydroxyl groups excluding tert-OH is 7. The van der Waals surface area contributed by atoms with Gasteiger partial charge in [-0.25, -0.2) is 0 Å². The zero-order chi connectivity index (χ0) is 49.7. The topological polar surface area (TPSA) is 189 Å². The number of hydrogen-bond acceptors (Lipinski definition) is 10. The van der Waals surface area contributed by atoms with E-state index >= 15 is 0 Å². The van der Waals surface area contributed by atoms with Gasteiger partial charge in [-0.3, -0.25) is 4.79 Å². The maximum atomic E-state index is 13.2. The van der Waals surface area contributed by atoms with Gasteiger partial charge in [-0.15, -0.1) is 0 Å². The summed E-state index contributed by atoms with van der Waals surface area (Å²) < 4.78 is 11.1. The molecule has 9 unspecified atom stereocenters. The van der Waals surface area contributed by atoms with Crippen LogP contribution in [0.25, 0.3) is 0 Å². The maximum absolute atomic E-state index is 13.2. The highest BCUT2D eigenvalue weighted by molar-refractivity contribution is 5.80. The molecule has 1 rings (SSSR count). The van der Waals surface area contributed by atoms with Gasteiger partial charge in [0.15, 0.2) is 6.29 Å². The monoisotopic (exact) mass is 964 g/mol. The lowest BCUT2D eigenvalue weighted by molar-refractivity contribution is -0.303. The molecule has 0 aromatic rings. The molecular formula is C57H105NO10. The Morgan fingerprint density at radius 3 is 1.43 bits per heavy atom. The highest BCUT2D eigenvalue weighted by Crippen LogP contribution is 2.23. The normalized spacial score (nSPS) is 20.9. The molecule has 1 aliphatic heterocycles. The SMILES string of the molecule is CCCCC/C=C\C=C/CCCCCCCCCCCC(O)C(=O)NC(COC1OC(CO)C(O)C(O)C1O)C(O)C(O)CCC/C=C/CC/C=C/CCCCCCCCCCCCCCCC. The molecule has 0 aliphatic carbocycles. The highest BCUT2D eigenvalue weighted by Gasteiger charge is 2.44. The van der Waals surface area contributed by atoms with Gasteiger partial charge in [0.25, 0.3) is 0 Å². The zero-order valence-corrected chi connectivity index (χ0v) is 43.3. The van der Waals surface area contributed by atoms with Crippen molar-refractivity contribution in [3.8, 4) is 0 Å². The molecule has 11 nitrogen and oxygen atoms in total. The molecule has 0 spiro atoms. The third-order valence-electron chi connectivity index (χ3n) is 13.4. The number of amides is 1. The van der Waals surface area contributed by atoms with Crippen LogP contribution in [0.2, 0.25) is 0 Å². The number of ether oxygens (including phenoxy) is 2. The molecule has 0 aromatic heterocycles. The molecule has 398 valence electrons. The summed E-state index contributed by atoms with van der Waals surface area (Å²) in [6.07, 6.45) is 45.9. The summed E-state index contributed by atoms with van der Waals surface area (Å²) in [6, 6.07) is -1.19. The van der Waals surface area contributed by atoms with Crippen molar-refractivity contribution in [2.75, 3.05) is 13.2 Å². The first-order valence-corrected chi connectivity index (χ1v) is 28.1. The molecule has 1 fully saturated rings. The molecule has 1 amide bonds. The molecular weight excluding hydrogens is 859 g/mol. The second-order valence-electron chi connectivity index (χ2n) is 19.7. The Hall–Kier alpha value is -1.93. The maximum Gasteiger partial charge on any atom is 0.249 e. The number of carbonyl (C=O) groups is 1. The molecule has 68 heavy (non-hydrogen) atoms. The van der Waals surface area contributed by atoms with Crippen molar-refractivity contribution in [2.24, 2.45) is 0 Å². The summed E-state index contributed by atoms with van der Waals surface area (Å²) in [5.41, 5.74) is 0.